The van der Waals surface area contributed by atoms with Crippen LogP contribution in [0.1, 0.15) is 52.8 Å². The molecular weight excluding hydrogens is 665 g/mol. The fourth-order valence-electron chi connectivity index (χ4n) is 4.14. The first-order valence-corrected chi connectivity index (χ1v) is 12.7. The van der Waals surface area contributed by atoms with Gasteiger partial charge in [-0.2, -0.15) is 0 Å². The van der Waals surface area contributed by atoms with Crippen molar-refractivity contribution in [2.45, 2.75) is 52.4 Å². The molecule has 200 valence electrons. The summed E-state index contributed by atoms with van der Waals surface area (Å²) in [6.07, 6.45) is 7.27. The molecule has 8 heteroatoms. The molecular formula is C31H31N7Pt. The zero-order chi connectivity index (χ0) is 26.9. The standard InChI is InChI=1S/C22H18N6.C9H13N.Pt/c1-22(2,3)19-11-18(26-27-19)20-15-12-23-9-8-13(15)10-17(24-20)21-14-6-4-5-7-16(14)25-28-21;1-9(2,3)8-4-6-10-7-5-8;/h4-12H,1-3H3;4-7H,1-3H3;/q-2;;+2. The molecule has 0 amide bonds. The fraction of sp³-hybridized carbons (Fsp3) is 0.258. The molecule has 0 aliphatic heterocycles. The Kier molecular flexibility index (Phi) is 8.12. The predicted octanol–water partition coefficient (Wildman–Crippen LogP) is 6.50. The second kappa shape index (κ2) is 11.2. The Balaban J connectivity index is 0.000000273. The van der Waals surface area contributed by atoms with Gasteiger partial charge in [-0.3, -0.25) is 15.0 Å². The molecule has 0 aliphatic rings. The molecule has 0 atom stereocenters. The smallest absolute Gasteiger partial charge is 0.573 e. The van der Waals surface area contributed by atoms with Crippen molar-refractivity contribution in [1.29, 1.82) is 0 Å². The molecule has 5 aromatic heterocycles. The van der Waals surface area contributed by atoms with Crippen molar-refractivity contribution in [3.05, 3.63) is 90.6 Å². The third-order valence-electron chi connectivity index (χ3n) is 6.39. The Morgan fingerprint density at radius 1 is 0.692 bits per heavy atom. The van der Waals surface area contributed by atoms with Crippen molar-refractivity contribution < 1.29 is 21.1 Å². The molecule has 0 radical (unpaired) electrons. The van der Waals surface area contributed by atoms with Gasteiger partial charge in [0.2, 0.25) is 0 Å². The van der Waals surface area contributed by atoms with E-state index in [1.54, 1.807) is 6.20 Å². The van der Waals surface area contributed by atoms with Crippen LogP contribution in [0.2, 0.25) is 0 Å². The van der Waals surface area contributed by atoms with Crippen LogP contribution in [-0.4, -0.2) is 25.1 Å². The number of rotatable bonds is 2. The Hall–Kier alpha value is -3.70. The van der Waals surface area contributed by atoms with Crippen molar-refractivity contribution in [3.63, 3.8) is 0 Å². The first-order chi connectivity index (χ1) is 18.1. The van der Waals surface area contributed by atoms with Crippen LogP contribution in [0, 0.1) is 0 Å². The average molecular weight is 697 g/mol. The number of aromatic nitrogens is 7. The van der Waals surface area contributed by atoms with E-state index in [9.17, 15) is 0 Å². The largest absolute Gasteiger partial charge is 2.00 e. The predicted molar refractivity (Wildman–Crippen MR) is 152 cm³/mol. The Bertz CT molecular complexity index is 1690. The summed E-state index contributed by atoms with van der Waals surface area (Å²) < 4.78 is 0. The molecule has 0 saturated carbocycles. The molecule has 0 fully saturated rings. The summed E-state index contributed by atoms with van der Waals surface area (Å²) >= 11 is 0. The van der Waals surface area contributed by atoms with Gasteiger partial charge >= 0.3 is 21.1 Å². The summed E-state index contributed by atoms with van der Waals surface area (Å²) in [4.78, 5) is 13.2. The van der Waals surface area contributed by atoms with E-state index < -0.39 is 0 Å². The van der Waals surface area contributed by atoms with E-state index in [2.05, 4.69) is 84.0 Å². The van der Waals surface area contributed by atoms with E-state index in [-0.39, 0.29) is 31.9 Å². The number of hydrogen-bond acceptors (Lipinski definition) is 5. The molecule has 1 aromatic carbocycles. The van der Waals surface area contributed by atoms with Gasteiger partial charge in [-0.15, -0.1) is 0 Å². The van der Waals surface area contributed by atoms with Crippen molar-refractivity contribution >= 4 is 21.7 Å². The molecule has 0 unspecified atom stereocenters. The van der Waals surface area contributed by atoms with Crippen molar-refractivity contribution in [1.82, 2.24) is 35.3 Å². The van der Waals surface area contributed by atoms with Crippen LogP contribution < -0.4 is 10.2 Å². The zero-order valence-electron chi connectivity index (χ0n) is 23.0. The minimum atomic E-state index is -0.0791. The normalized spacial score (nSPS) is 11.6. The molecule has 6 aromatic rings. The maximum atomic E-state index is 4.91. The number of fused-ring (bicyclic) bond motifs is 2. The maximum absolute atomic E-state index is 4.91. The van der Waals surface area contributed by atoms with E-state index in [0.717, 1.165) is 50.1 Å². The molecule has 0 N–H and O–H groups in total. The topological polar surface area (TPSA) is 92.7 Å². The zero-order valence-corrected chi connectivity index (χ0v) is 25.2. The van der Waals surface area contributed by atoms with Crippen LogP contribution in [0.15, 0.2) is 79.4 Å². The summed E-state index contributed by atoms with van der Waals surface area (Å²) in [7, 11) is 0. The summed E-state index contributed by atoms with van der Waals surface area (Å²) in [5.41, 5.74) is 6.34. The third-order valence-corrected chi connectivity index (χ3v) is 6.39. The van der Waals surface area contributed by atoms with Gasteiger partial charge in [0, 0.05) is 46.8 Å². The second-order valence-corrected chi connectivity index (χ2v) is 11.4. The minimum absolute atomic E-state index is 0. The van der Waals surface area contributed by atoms with Crippen LogP contribution >= 0.6 is 0 Å². The molecule has 0 aliphatic carbocycles. The van der Waals surface area contributed by atoms with E-state index >= 15 is 0 Å². The second-order valence-electron chi connectivity index (χ2n) is 11.4. The van der Waals surface area contributed by atoms with Gasteiger partial charge in [0.15, 0.2) is 0 Å². The van der Waals surface area contributed by atoms with E-state index in [1.807, 2.05) is 61.1 Å². The first kappa shape index (κ1) is 28.3. The molecule has 0 saturated heterocycles. The van der Waals surface area contributed by atoms with Gasteiger partial charge in [-0.1, -0.05) is 77.2 Å². The summed E-state index contributed by atoms with van der Waals surface area (Å²) in [6.45, 7) is 13.0. The van der Waals surface area contributed by atoms with Gasteiger partial charge in [0.25, 0.3) is 0 Å². The maximum Gasteiger partial charge on any atom is 2.00 e. The first-order valence-electron chi connectivity index (χ1n) is 12.7. The van der Waals surface area contributed by atoms with Crippen LogP contribution in [0.3, 0.4) is 0 Å². The Morgan fingerprint density at radius 2 is 1.41 bits per heavy atom. The minimum Gasteiger partial charge on any atom is -0.573 e. The van der Waals surface area contributed by atoms with Gasteiger partial charge in [0.05, 0.1) is 11.4 Å². The van der Waals surface area contributed by atoms with Gasteiger partial charge in [0.1, 0.15) is 0 Å². The molecule has 39 heavy (non-hydrogen) atoms. The summed E-state index contributed by atoms with van der Waals surface area (Å²) in [5.74, 6) is 0. The number of nitrogens with zero attached hydrogens (tertiary/aromatic N) is 7. The quantitative estimate of drug-likeness (QED) is 0.204. The van der Waals surface area contributed by atoms with Crippen LogP contribution in [0.4, 0.5) is 0 Å². The van der Waals surface area contributed by atoms with Gasteiger partial charge < -0.3 is 20.4 Å². The average Bonchev–Trinajstić information content (AvgIpc) is 3.57. The van der Waals surface area contributed by atoms with Gasteiger partial charge in [-0.25, -0.2) is 0 Å². The SMILES string of the molecule is CC(C)(C)c1cc(-c2nc(-c3[n-]nc4ccccc34)cc3ccncc23)[n-]n1.CC(C)(C)c1ccncc1.[Pt+2]. The van der Waals surface area contributed by atoms with E-state index in [4.69, 9.17) is 4.98 Å². The molecule has 6 rings (SSSR count). The van der Waals surface area contributed by atoms with Crippen LogP contribution in [0.25, 0.3) is 44.5 Å². The van der Waals surface area contributed by atoms with Crippen LogP contribution in [0.5, 0.6) is 0 Å². The summed E-state index contributed by atoms with van der Waals surface area (Å²) in [5, 5.41) is 20.4. The van der Waals surface area contributed by atoms with Gasteiger partial charge in [-0.05, 0) is 52.1 Å². The Morgan fingerprint density at radius 3 is 2.08 bits per heavy atom. The monoisotopic (exact) mass is 696 g/mol. The number of hydrogen-bond donors (Lipinski definition) is 0. The van der Waals surface area contributed by atoms with Crippen molar-refractivity contribution in [2.75, 3.05) is 0 Å². The molecule has 7 nitrogen and oxygen atoms in total. The van der Waals surface area contributed by atoms with E-state index in [0.29, 0.717) is 0 Å². The number of pyridine rings is 3. The molecule has 0 spiro atoms. The molecule has 5 heterocycles. The summed E-state index contributed by atoms with van der Waals surface area (Å²) in [6, 6.07) is 18.0. The fourth-order valence-corrected chi connectivity index (χ4v) is 4.14. The van der Waals surface area contributed by atoms with E-state index in [1.165, 1.54) is 5.56 Å². The number of benzene rings is 1. The van der Waals surface area contributed by atoms with Crippen LogP contribution in [-0.2, 0) is 31.9 Å². The molecule has 0 bridgehead atoms. The third kappa shape index (κ3) is 6.15. The van der Waals surface area contributed by atoms with Crippen molar-refractivity contribution in [2.24, 2.45) is 0 Å². The Labute approximate surface area is 243 Å². The van der Waals surface area contributed by atoms with Crippen molar-refractivity contribution in [3.8, 4) is 22.8 Å².